The van der Waals surface area contributed by atoms with Crippen LogP contribution in [-0.2, 0) is 14.4 Å². The van der Waals surface area contributed by atoms with Crippen molar-refractivity contribution in [2.24, 2.45) is 29.6 Å². The van der Waals surface area contributed by atoms with E-state index >= 15 is 0 Å². The van der Waals surface area contributed by atoms with Crippen LogP contribution in [0.1, 0.15) is 29.2 Å². The second-order valence-electron chi connectivity index (χ2n) is 8.98. The average Bonchev–Trinajstić information content (AvgIpc) is 3.47. The van der Waals surface area contributed by atoms with E-state index in [1.165, 1.54) is 16.2 Å². The van der Waals surface area contributed by atoms with Crippen LogP contribution in [0.4, 0.5) is 0 Å². The Morgan fingerprint density at radius 3 is 2.50 bits per heavy atom. The second-order valence-corrected chi connectivity index (χ2v) is 11.6. The monoisotopic (exact) mass is 490 g/mol. The number of carbonyl (C=O) groups excluding carboxylic acids is 2. The number of thioether (sulfide) groups is 1. The smallest absolute Gasteiger partial charge is 0.305 e. The third kappa shape index (κ3) is 2.80. The number of benzene rings is 1. The molecule has 2 amide bonds. The zero-order valence-corrected chi connectivity index (χ0v) is 19.1. The first-order chi connectivity index (χ1) is 15.3. The number of aliphatic carboxylic acids is 1. The van der Waals surface area contributed by atoms with E-state index in [0.717, 1.165) is 21.9 Å². The van der Waals surface area contributed by atoms with E-state index in [0.29, 0.717) is 5.02 Å². The number of carboxylic acid groups (broad SMARTS) is 1. The summed E-state index contributed by atoms with van der Waals surface area (Å²) in [5.74, 6) is -2.08. The Balaban J connectivity index is 1.41. The molecule has 2 bridgehead atoms. The van der Waals surface area contributed by atoms with Crippen LogP contribution in [0.15, 0.2) is 34.1 Å². The summed E-state index contributed by atoms with van der Waals surface area (Å²) in [5, 5.41) is 10.6. The zero-order valence-electron chi connectivity index (χ0n) is 16.7. The molecule has 2 aromatic rings. The molecule has 7 nitrogen and oxygen atoms in total. The van der Waals surface area contributed by atoms with Crippen LogP contribution in [0.2, 0.25) is 5.02 Å². The van der Waals surface area contributed by atoms with Gasteiger partial charge in [0.25, 0.3) is 0 Å². The molecule has 7 atom stereocenters. The molecule has 2 saturated carbocycles. The number of hydrogen-bond donors (Lipinski definition) is 2. The Hall–Kier alpha value is -2.10. The number of aromatic nitrogens is 1. The quantitative estimate of drug-likeness (QED) is 0.638. The van der Waals surface area contributed by atoms with Gasteiger partial charge in [0.05, 0.1) is 23.3 Å². The van der Waals surface area contributed by atoms with Gasteiger partial charge >= 0.3 is 10.8 Å². The first-order valence-corrected chi connectivity index (χ1v) is 12.6. The molecule has 2 aliphatic carbocycles. The summed E-state index contributed by atoms with van der Waals surface area (Å²) in [7, 11) is 0. The highest BCUT2D eigenvalue weighted by Gasteiger charge is 2.69. The molecular weight excluding hydrogens is 472 g/mol. The molecule has 0 spiro atoms. The molecule has 166 valence electrons. The van der Waals surface area contributed by atoms with Gasteiger partial charge in [-0.15, -0.1) is 11.8 Å². The Bertz CT molecular complexity index is 1210. The van der Waals surface area contributed by atoms with Crippen LogP contribution in [0.3, 0.4) is 0 Å². The number of H-pyrrole nitrogens is 1. The predicted octanol–water partition coefficient (Wildman–Crippen LogP) is 3.04. The van der Waals surface area contributed by atoms with Crippen molar-refractivity contribution in [1.29, 1.82) is 0 Å². The number of nitrogens with one attached hydrogen (secondary N) is 1. The van der Waals surface area contributed by atoms with Crippen molar-refractivity contribution in [3.8, 4) is 0 Å². The van der Waals surface area contributed by atoms with Crippen molar-refractivity contribution in [3.05, 3.63) is 49.4 Å². The molecule has 1 saturated heterocycles. The number of hydrogen-bond acceptors (Lipinski definition) is 6. The largest absolute Gasteiger partial charge is 0.481 e. The maximum atomic E-state index is 13.2. The topological polar surface area (TPSA) is 108 Å². The van der Waals surface area contributed by atoms with Crippen molar-refractivity contribution in [2.75, 3.05) is 6.54 Å². The number of imide groups is 1. The summed E-state index contributed by atoms with van der Waals surface area (Å²) in [6.07, 6.45) is 0.574. The number of carboxylic acids is 1. The first kappa shape index (κ1) is 20.5. The lowest BCUT2D eigenvalue weighted by Gasteiger charge is -2.43. The van der Waals surface area contributed by atoms with Crippen molar-refractivity contribution < 1.29 is 19.5 Å². The fourth-order valence-corrected chi connectivity index (χ4v) is 9.56. The molecular formula is C22H19ClN2O5S2. The van der Waals surface area contributed by atoms with Crippen LogP contribution in [0.25, 0.3) is 0 Å². The van der Waals surface area contributed by atoms with Gasteiger partial charge in [-0.05, 0) is 41.9 Å². The maximum Gasteiger partial charge on any atom is 0.305 e. The summed E-state index contributed by atoms with van der Waals surface area (Å²) >= 11 is 8.98. The molecule has 3 fully saturated rings. The number of aromatic amines is 1. The van der Waals surface area contributed by atoms with E-state index in [-0.39, 0.29) is 64.5 Å². The lowest BCUT2D eigenvalue weighted by molar-refractivity contribution is -0.142. The number of halogens is 1. The summed E-state index contributed by atoms with van der Waals surface area (Å²) in [6, 6.07) is 7.66. The van der Waals surface area contributed by atoms with Crippen molar-refractivity contribution in [2.45, 2.75) is 29.0 Å². The SMILES string of the molecule is O=C(O)CCN1C(=O)[C@@H]2[C@H]3C[C@@H]([C@@H]4Sc5[nH]c(=O)sc5[C@H](c5ccc(Cl)cc5)[C@@H]34)[C@H]2C1=O. The van der Waals surface area contributed by atoms with E-state index < -0.39 is 11.9 Å². The maximum absolute atomic E-state index is 13.2. The standard InChI is InChI=1S/C22H19ClN2O5S2/c23-9-3-1-8(2-4-9)13-14-10-7-11(17(14)31-19-18(13)32-22(30)24-19)16-15(10)20(28)25(21(16)29)6-5-12(26)27/h1-4,10-11,13-17H,5-7H2,(H,24,30)(H,26,27)/t10-,11+,13+,14+,15+,16+,17-/m0/s1. The highest BCUT2D eigenvalue weighted by Crippen LogP contribution is 2.68. The van der Waals surface area contributed by atoms with E-state index in [9.17, 15) is 19.2 Å². The Morgan fingerprint density at radius 2 is 1.81 bits per heavy atom. The highest BCUT2D eigenvalue weighted by molar-refractivity contribution is 8.00. The van der Waals surface area contributed by atoms with E-state index in [1.54, 1.807) is 11.8 Å². The molecule has 1 aromatic heterocycles. The van der Waals surface area contributed by atoms with Gasteiger partial charge in [0.15, 0.2) is 0 Å². The van der Waals surface area contributed by atoms with Crippen molar-refractivity contribution >= 4 is 52.5 Å². The first-order valence-electron chi connectivity index (χ1n) is 10.6. The number of thiazole rings is 1. The minimum absolute atomic E-state index is 0.0276. The summed E-state index contributed by atoms with van der Waals surface area (Å²) in [4.78, 5) is 54.7. The predicted molar refractivity (Wildman–Crippen MR) is 119 cm³/mol. The van der Waals surface area contributed by atoms with Gasteiger partial charge < -0.3 is 10.1 Å². The molecule has 4 aliphatic rings. The van der Waals surface area contributed by atoms with Gasteiger partial charge in [0.2, 0.25) is 11.8 Å². The van der Waals surface area contributed by atoms with Crippen molar-refractivity contribution in [1.82, 2.24) is 9.88 Å². The molecule has 3 heterocycles. The molecule has 10 heteroatoms. The third-order valence-electron chi connectivity index (χ3n) is 7.59. The average molecular weight is 491 g/mol. The number of nitrogens with zero attached hydrogens (tertiary/aromatic N) is 1. The lowest BCUT2D eigenvalue weighted by atomic mass is 9.68. The van der Waals surface area contributed by atoms with Crippen LogP contribution in [-0.4, -0.2) is 44.6 Å². The van der Waals surface area contributed by atoms with Crippen LogP contribution >= 0.6 is 34.7 Å². The van der Waals surface area contributed by atoms with Gasteiger partial charge in [-0.3, -0.25) is 24.1 Å². The lowest BCUT2D eigenvalue weighted by Crippen LogP contribution is -2.42. The van der Waals surface area contributed by atoms with Gasteiger partial charge in [-0.2, -0.15) is 0 Å². The molecule has 32 heavy (non-hydrogen) atoms. The van der Waals surface area contributed by atoms with Crippen molar-refractivity contribution in [3.63, 3.8) is 0 Å². The Morgan fingerprint density at radius 1 is 1.12 bits per heavy atom. The second kappa shape index (κ2) is 7.20. The summed E-state index contributed by atoms with van der Waals surface area (Å²) < 4.78 is 0. The minimum Gasteiger partial charge on any atom is -0.481 e. The number of fused-ring (bicyclic) bond motifs is 9. The van der Waals surface area contributed by atoms with Crippen LogP contribution < -0.4 is 4.87 Å². The fraction of sp³-hybridized carbons (Fsp3) is 0.455. The van der Waals surface area contributed by atoms with Gasteiger partial charge in [0, 0.05) is 27.6 Å². The van der Waals surface area contributed by atoms with Gasteiger partial charge in [-0.25, -0.2) is 0 Å². The molecule has 0 radical (unpaired) electrons. The van der Waals surface area contributed by atoms with Crippen LogP contribution in [0, 0.1) is 29.6 Å². The molecule has 2 aliphatic heterocycles. The zero-order chi connectivity index (χ0) is 22.3. The van der Waals surface area contributed by atoms with Gasteiger partial charge in [-0.1, -0.05) is 35.1 Å². The number of amides is 2. The van der Waals surface area contributed by atoms with Crippen LogP contribution in [0.5, 0.6) is 0 Å². The Labute approximate surface area is 196 Å². The summed E-state index contributed by atoms with van der Waals surface area (Å²) in [6.45, 7) is -0.0663. The number of likely N-dealkylation sites (tertiary alicyclic amines) is 1. The fourth-order valence-electron chi connectivity index (χ4n) is 6.55. The highest BCUT2D eigenvalue weighted by atomic mass is 35.5. The third-order valence-corrected chi connectivity index (χ3v) is 10.4. The normalized spacial score (nSPS) is 34.5. The van der Waals surface area contributed by atoms with E-state index in [1.807, 2.05) is 24.3 Å². The number of rotatable bonds is 4. The summed E-state index contributed by atoms with van der Waals surface area (Å²) in [5.41, 5.74) is 1.06. The molecule has 6 rings (SSSR count). The minimum atomic E-state index is -1.02. The molecule has 0 unspecified atom stereocenters. The number of carbonyl (C=O) groups is 3. The molecule has 2 N–H and O–H groups in total. The van der Waals surface area contributed by atoms with E-state index in [4.69, 9.17) is 16.7 Å². The van der Waals surface area contributed by atoms with Gasteiger partial charge in [0.1, 0.15) is 0 Å². The Kier molecular flexibility index (Phi) is 4.61. The molecule has 1 aromatic carbocycles. The van der Waals surface area contributed by atoms with E-state index in [2.05, 4.69) is 4.98 Å².